The summed E-state index contributed by atoms with van der Waals surface area (Å²) in [5.41, 5.74) is 2.39. The van der Waals surface area contributed by atoms with Gasteiger partial charge in [-0.25, -0.2) is 4.39 Å². The Morgan fingerprint density at radius 2 is 1.89 bits per heavy atom. The molecule has 2 aromatic carbocycles. The molecule has 3 rings (SSSR count). The van der Waals surface area contributed by atoms with Crippen LogP contribution in [0.3, 0.4) is 0 Å². The lowest BCUT2D eigenvalue weighted by molar-refractivity contribution is 0.102. The van der Waals surface area contributed by atoms with Gasteiger partial charge in [-0.3, -0.25) is 14.4 Å². The van der Waals surface area contributed by atoms with Crippen molar-refractivity contribution in [3.8, 4) is 11.5 Å². The summed E-state index contributed by atoms with van der Waals surface area (Å²) in [5, 5.41) is 17.2. The second-order valence-corrected chi connectivity index (χ2v) is 9.05. The SMILES string of the molecule is CCN(CC)Cc1ccc(C(=O)Nc2cc(C)n(Cc3cc(O)ccc3OCC(C)C)n2)cc1F. The number of anilines is 1. The molecule has 2 N–H and O–H groups in total. The zero-order valence-electron chi connectivity index (χ0n) is 21.1. The van der Waals surface area contributed by atoms with Crippen molar-refractivity contribution in [2.75, 3.05) is 25.0 Å². The Hall–Kier alpha value is -3.39. The largest absolute Gasteiger partial charge is 0.508 e. The van der Waals surface area contributed by atoms with Crippen LogP contribution in [0, 0.1) is 18.7 Å². The number of benzene rings is 2. The molecule has 0 bridgehead atoms. The fourth-order valence-corrected chi connectivity index (χ4v) is 3.67. The molecule has 1 aromatic heterocycles. The third kappa shape index (κ3) is 7.05. The molecular formula is C27H35FN4O3. The number of ether oxygens (including phenoxy) is 1. The van der Waals surface area contributed by atoms with Crippen LogP contribution in [-0.2, 0) is 13.1 Å². The minimum atomic E-state index is -0.429. The van der Waals surface area contributed by atoms with Crippen LogP contribution in [-0.4, -0.2) is 45.4 Å². The molecule has 0 aliphatic heterocycles. The number of carbonyl (C=O) groups is 1. The van der Waals surface area contributed by atoms with E-state index in [1.165, 1.54) is 6.07 Å². The average molecular weight is 483 g/mol. The molecule has 0 saturated heterocycles. The summed E-state index contributed by atoms with van der Waals surface area (Å²) in [6, 6.07) is 11.3. The van der Waals surface area contributed by atoms with Gasteiger partial charge >= 0.3 is 0 Å². The fraction of sp³-hybridized carbons (Fsp3) is 0.407. The highest BCUT2D eigenvalue weighted by Gasteiger charge is 2.15. The first kappa shape index (κ1) is 26.2. The van der Waals surface area contributed by atoms with Gasteiger partial charge in [0, 0.05) is 35.0 Å². The smallest absolute Gasteiger partial charge is 0.256 e. The van der Waals surface area contributed by atoms with Crippen molar-refractivity contribution in [3.63, 3.8) is 0 Å². The van der Waals surface area contributed by atoms with Gasteiger partial charge in [-0.2, -0.15) is 5.10 Å². The molecule has 1 amide bonds. The van der Waals surface area contributed by atoms with Crippen molar-refractivity contribution in [2.45, 2.75) is 47.7 Å². The molecule has 0 aliphatic carbocycles. The number of carbonyl (C=O) groups excluding carboxylic acids is 1. The summed E-state index contributed by atoms with van der Waals surface area (Å²) >= 11 is 0. The van der Waals surface area contributed by atoms with E-state index in [9.17, 15) is 14.3 Å². The van der Waals surface area contributed by atoms with Crippen LogP contribution in [0.4, 0.5) is 10.2 Å². The first-order valence-electron chi connectivity index (χ1n) is 12.0. The molecule has 0 unspecified atom stereocenters. The number of amides is 1. The number of hydrogen-bond donors (Lipinski definition) is 2. The number of phenolic OH excluding ortho intramolecular Hbond substituents is 1. The summed E-state index contributed by atoms with van der Waals surface area (Å²) < 4.78 is 22.2. The summed E-state index contributed by atoms with van der Waals surface area (Å²) in [5.74, 6) is 0.718. The third-order valence-electron chi connectivity index (χ3n) is 5.76. The zero-order chi connectivity index (χ0) is 25.5. The number of aromatic nitrogens is 2. The lowest BCUT2D eigenvalue weighted by Crippen LogP contribution is -2.23. The molecule has 0 fully saturated rings. The van der Waals surface area contributed by atoms with Gasteiger partial charge in [0.25, 0.3) is 5.91 Å². The van der Waals surface area contributed by atoms with Crippen molar-refractivity contribution >= 4 is 11.7 Å². The van der Waals surface area contributed by atoms with E-state index in [0.29, 0.717) is 42.7 Å². The molecule has 0 spiro atoms. The van der Waals surface area contributed by atoms with Crippen molar-refractivity contribution in [1.82, 2.24) is 14.7 Å². The maximum absolute atomic E-state index is 14.6. The number of aromatic hydroxyl groups is 1. The molecule has 0 radical (unpaired) electrons. The minimum Gasteiger partial charge on any atom is -0.508 e. The maximum Gasteiger partial charge on any atom is 0.256 e. The van der Waals surface area contributed by atoms with E-state index < -0.39 is 11.7 Å². The summed E-state index contributed by atoms with van der Waals surface area (Å²) in [6.07, 6.45) is 0. The fourth-order valence-electron chi connectivity index (χ4n) is 3.67. The van der Waals surface area contributed by atoms with Crippen LogP contribution in [0.25, 0.3) is 0 Å². The van der Waals surface area contributed by atoms with Gasteiger partial charge in [0.1, 0.15) is 17.3 Å². The van der Waals surface area contributed by atoms with E-state index >= 15 is 0 Å². The predicted molar refractivity (Wildman–Crippen MR) is 135 cm³/mol. The van der Waals surface area contributed by atoms with Crippen molar-refractivity contribution in [3.05, 3.63) is 70.7 Å². The minimum absolute atomic E-state index is 0.140. The standard InChI is InChI=1S/C27H35FN4O3/c1-6-31(7-2)15-21-9-8-20(14-24(21)28)27(34)29-26-12-19(5)32(30-26)16-22-13-23(33)10-11-25(22)35-17-18(3)4/h8-14,18,33H,6-7,15-17H2,1-5H3,(H,29,30,34). The van der Waals surface area contributed by atoms with Gasteiger partial charge in [-0.15, -0.1) is 0 Å². The maximum atomic E-state index is 14.6. The average Bonchev–Trinajstić information content (AvgIpc) is 3.15. The van der Waals surface area contributed by atoms with Gasteiger partial charge in [0.15, 0.2) is 5.82 Å². The molecule has 0 aliphatic rings. The van der Waals surface area contributed by atoms with Crippen LogP contribution in [0.15, 0.2) is 42.5 Å². The normalized spacial score (nSPS) is 11.3. The second kappa shape index (κ2) is 11.8. The Labute approximate surface area is 206 Å². The van der Waals surface area contributed by atoms with Crippen molar-refractivity contribution < 1.29 is 19.0 Å². The van der Waals surface area contributed by atoms with E-state index in [1.807, 2.05) is 20.8 Å². The number of hydrogen-bond acceptors (Lipinski definition) is 5. The zero-order valence-corrected chi connectivity index (χ0v) is 21.1. The van der Waals surface area contributed by atoms with Crippen LogP contribution < -0.4 is 10.1 Å². The molecule has 8 heteroatoms. The first-order valence-corrected chi connectivity index (χ1v) is 12.0. The molecule has 1 heterocycles. The Kier molecular flexibility index (Phi) is 8.87. The van der Waals surface area contributed by atoms with E-state index in [4.69, 9.17) is 4.74 Å². The van der Waals surface area contributed by atoms with E-state index in [0.717, 1.165) is 24.3 Å². The summed E-state index contributed by atoms with van der Waals surface area (Å²) in [4.78, 5) is 14.9. The van der Waals surface area contributed by atoms with E-state index in [1.54, 1.807) is 41.1 Å². The number of halogens is 1. The lowest BCUT2D eigenvalue weighted by Gasteiger charge is -2.18. The second-order valence-electron chi connectivity index (χ2n) is 9.05. The van der Waals surface area contributed by atoms with Gasteiger partial charge < -0.3 is 15.2 Å². The molecule has 35 heavy (non-hydrogen) atoms. The van der Waals surface area contributed by atoms with E-state index in [-0.39, 0.29) is 11.3 Å². The van der Waals surface area contributed by atoms with Crippen LogP contribution in [0.1, 0.15) is 54.9 Å². The highest BCUT2D eigenvalue weighted by molar-refractivity contribution is 6.03. The monoisotopic (exact) mass is 482 g/mol. The Morgan fingerprint density at radius 3 is 2.54 bits per heavy atom. The molecule has 3 aromatic rings. The van der Waals surface area contributed by atoms with Gasteiger partial charge in [0.05, 0.1) is 13.2 Å². The van der Waals surface area contributed by atoms with Gasteiger partial charge in [-0.05, 0) is 56.3 Å². The number of nitrogens with one attached hydrogen (secondary N) is 1. The van der Waals surface area contributed by atoms with Crippen LogP contribution in [0.5, 0.6) is 11.5 Å². The number of aryl methyl sites for hydroxylation is 1. The van der Waals surface area contributed by atoms with Crippen molar-refractivity contribution in [1.29, 1.82) is 0 Å². The predicted octanol–water partition coefficient (Wildman–Crippen LogP) is 5.21. The highest BCUT2D eigenvalue weighted by atomic mass is 19.1. The Balaban J connectivity index is 1.72. The summed E-state index contributed by atoms with van der Waals surface area (Å²) in [7, 11) is 0. The Bertz CT molecular complexity index is 1160. The first-order chi connectivity index (χ1) is 16.7. The number of rotatable bonds is 11. The number of nitrogens with zero attached hydrogens (tertiary/aromatic N) is 3. The molecule has 0 atom stereocenters. The molecule has 0 saturated carbocycles. The molecule has 7 nitrogen and oxygen atoms in total. The third-order valence-corrected chi connectivity index (χ3v) is 5.76. The van der Waals surface area contributed by atoms with Crippen LogP contribution >= 0.6 is 0 Å². The molecule has 188 valence electrons. The van der Waals surface area contributed by atoms with Gasteiger partial charge in [-0.1, -0.05) is 33.8 Å². The summed E-state index contributed by atoms with van der Waals surface area (Å²) in [6.45, 7) is 13.1. The number of phenols is 1. The van der Waals surface area contributed by atoms with Gasteiger partial charge in [0.2, 0.25) is 0 Å². The van der Waals surface area contributed by atoms with E-state index in [2.05, 4.69) is 29.2 Å². The lowest BCUT2D eigenvalue weighted by atomic mass is 10.1. The topological polar surface area (TPSA) is 79.6 Å². The Morgan fingerprint density at radius 1 is 1.14 bits per heavy atom. The quantitative estimate of drug-likeness (QED) is 0.392. The highest BCUT2D eigenvalue weighted by Crippen LogP contribution is 2.26. The molecular weight excluding hydrogens is 447 g/mol. The van der Waals surface area contributed by atoms with Crippen molar-refractivity contribution in [2.24, 2.45) is 5.92 Å². The van der Waals surface area contributed by atoms with Crippen LogP contribution in [0.2, 0.25) is 0 Å².